The first kappa shape index (κ1) is 19.7. The number of benzene rings is 1. The molecule has 8 nitrogen and oxygen atoms in total. The van der Waals surface area contributed by atoms with E-state index in [4.69, 9.17) is 9.47 Å². The number of likely N-dealkylation sites (tertiary alicyclic amines) is 1. The summed E-state index contributed by atoms with van der Waals surface area (Å²) in [5.41, 5.74) is 1.08. The van der Waals surface area contributed by atoms with Crippen LogP contribution in [0.1, 0.15) is 35.1 Å². The van der Waals surface area contributed by atoms with Gasteiger partial charge in [-0.05, 0) is 31.2 Å². The maximum Gasteiger partial charge on any atom is 0.309 e. The number of fused-ring (bicyclic) bond motifs is 1. The van der Waals surface area contributed by atoms with Gasteiger partial charge in [-0.2, -0.15) is 4.52 Å². The largest absolute Gasteiger partial charge is 0.497 e. The molecular formula is C20H25N4O4S+. The molecule has 2 aromatic heterocycles. The van der Waals surface area contributed by atoms with Crippen LogP contribution in [-0.2, 0) is 9.53 Å². The van der Waals surface area contributed by atoms with Gasteiger partial charge in [0.25, 0.3) is 0 Å². The third kappa shape index (κ3) is 3.67. The van der Waals surface area contributed by atoms with Crippen molar-refractivity contribution < 1.29 is 24.3 Å². The molecule has 1 fully saturated rings. The maximum atomic E-state index is 11.9. The zero-order valence-electron chi connectivity index (χ0n) is 16.7. The van der Waals surface area contributed by atoms with Crippen LogP contribution in [0.4, 0.5) is 0 Å². The van der Waals surface area contributed by atoms with Gasteiger partial charge in [-0.15, -0.1) is 5.10 Å². The first-order chi connectivity index (χ1) is 14.0. The molecule has 0 bridgehead atoms. The lowest BCUT2D eigenvalue weighted by Crippen LogP contribution is -3.13. The Hall–Kier alpha value is -2.65. The number of carbonyl (C=O) groups is 1. The number of nitrogens with one attached hydrogen (secondary N) is 1. The van der Waals surface area contributed by atoms with Crippen molar-refractivity contribution in [3.8, 4) is 11.6 Å². The molecule has 1 aliphatic rings. The molecule has 0 unspecified atom stereocenters. The van der Waals surface area contributed by atoms with Crippen LogP contribution in [0.5, 0.6) is 11.6 Å². The number of carbonyl (C=O) groups excluding carboxylic acids is 1. The van der Waals surface area contributed by atoms with Crippen LogP contribution in [0.25, 0.3) is 4.96 Å². The van der Waals surface area contributed by atoms with Gasteiger partial charge in [0, 0.05) is 18.4 Å². The average molecular weight is 418 g/mol. The number of piperidine rings is 1. The van der Waals surface area contributed by atoms with Crippen LogP contribution < -0.4 is 9.64 Å². The Morgan fingerprint density at radius 1 is 1.28 bits per heavy atom. The van der Waals surface area contributed by atoms with E-state index in [9.17, 15) is 9.90 Å². The van der Waals surface area contributed by atoms with Gasteiger partial charge in [-0.1, -0.05) is 11.3 Å². The number of rotatable bonds is 5. The van der Waals surface area contributed by atoms with Crippen LogP contribution in [0.15, 0.2) is 24.3 Å². The molecule has 3 heterocycles. The van der Waals surface area contributed by atoms with Crippen LogP contribution in [0, 0.1) is 12.8 Å². The van der Waals surface area contributed by atoms with Crippen molar-refractivity contribution >= 4 is 22.3 Å². The van der Waals surface area contributed by atoms with E-state index in [2.05, 4.69) is 10.1 Å². The molecule has 1 atom stereocenters. The summed E-state index contributed by atoms with van der Waals surface area (Å²) in [7, 11) is 3.08. The van der Waals surface area contributed by atoms with Gasteiger partial charge in [0.1, 0.15) is 16.5 Å². The van der Waals surface area contributed by atoms with E-state index in [1.807, 2.05) is 31.2 Å². The lowest BCUT2D eigenvalue weighted by atomic mass is 9.93. The molecule has 9 heteroatoms. The van der Waals surface area contributed by atoms with Gasteiger partial charge in [-0.3, -0.25) is 4.79 Å². The van der Waals surface area contributed by atoms with E-state index in [-0.39, 0.29) is 23.8 Å². The van der Waals surface area contributed by atoms with Crippen molar-refractivity contribution in [2.75, 3.05) is 27.3 Å². The number of ether oxygens (including phenoxy) is 2. The van der Waals surface area contributed by atoms with Gasteiger partial charge in [-0.25, -0.2) is 4.98 Å². The van der Waals surface area contributed by atoms with Crippen LogP contribution in [0.2, 0.25) is 0 Å². The summed E-state index contributed by atoms with van der Waals surface area (Å²) in [6.45, 7) is 3.42. The van der Waals surface area contributed by atoms with E-state index in [1.165, 1.54) is 27.9 Å². The number of esters is 1. The predicted molar refractivity (Wildman–Crippen MR) is 108 cm³/mol. The third-order valence-corrected chi connectivity index (χ3v) is 6.67. The number of quaternary nitrogens is 1. The van der Waals surface area contributed by atoms with Gasteiger partial charge in [0.2, 0.25) is 10.8 Å². The molecule has 0 amide bonds. The minimum Gasteiger partial charge on any atom is -0.497 e. The number of aromatic hydroxyl groups is 1. The lowest BCUT2D eigenvalue weighted by Gasteiger charge is -2.33. The van der Waals surface area contributed by atoms with E-state index in [1.54, 1.807) is 7.11 Å². The van der Waals surface area contributed by atoms with Crippen molar-refractivity contribution in [3.63, 3.8) is 0 Å². The summed E-state index contributed by atoms with van der Waals surface area (Å²) in [5.74, 6) is 1.36. The highest BCUT2D eigenvalue weighted by Crippen LogP contribution is 2.35. The monoisotopic (exact) mass is 417 g/mol. The fraction of sp³-hybridized carbons (Fsp3) is 0.450. The summed E-state index contributed by atoms with van der Waals surface area (Å²) >= 11 is 1.46. The zero-order chi connectivity index (χ0) is 20.5. The van der Waals surface area contributed by atoms with E-state index in [0.717, 1.165) is 42.1 Å². The van der Waals surface area contributed by atoms with Crippen molar-refractivity contribution in [2.45, 2.75) is 25.8 Å². The van der Waals surface area contributed by atoms with Gasteiger partial charge in [0.05, 0.1) is 33.2 Å². The minimum atomic E-state index is -0.137. The van der Waals surface area contributed by atoms with E-state index >= 15 is 0 Å². The number of hydrogen-bond donors (Lipinski definition) is 2. The highest BCUT2D eigenvalue weighted by molar-refractivity contribution is 7.17. The van der Waals surface area contributed by atoms with Crippen LogP contribution >= 0.6 is 11.3 Å². The Kier molecular flexibility index (Phi) is 5.42. The predicted octanol–water partition coefficient (Wildman–Crippen LogP) is 1.37. The number of thiazole rings is 1. The van der Waals surface area contributed by atoms with Gasteiger partial charge >= 0.3 is 5.97 Å². The molecule has 0 radical (unpaired) electrons. The first-order valence-corrected chi connectivity index (χ1v) is 10.4. The number of aryl methyl sites for hydroxylation is 1. The first-order valence-electron chi connectivity index (χ1n) is 9.63. The molecule has 29 heavy (non-hydrogen) atoms. The second-order valence-electron chi connectivity index (χ2n) is 7.31. The summed E-state index contributed by atoms with van der Waals surface area (Å²) in [6, 6.07) is 7.85. The molecule has 0 aliphatic carbocycles. The standard InChI is InChI=1S/C20H24N4O4S/c1-12-21-20-24(22-12)18(25)17(29-20)16(13-4-6-15(27-2)7-5-13)23-10-8-14(9-11-23)19(26)28-3/h4-7,14,16,25H,8-11H2,1-3H3/p+1/t16-/m1/s1. The van der Waals surface area contributed by atoms with E-state index in [0.29, 0.717) is 10.8 Å². The summed E-state index contributed by atoms with van der Waals surface area (Å²) in [6.07, 6.45) is 1.52. The number of hydrogen-bond acceptors (Lipinski definition) is 7. The molecule has 1 aliphatic heterocycles. The normalized spacial score (nSPS) is 20.5. The summed E-state index contributed by atoms with van der Waals surface area (Å²) < 4.78 is 11.7. The van der Waals surface area contributed by atoms with Crippen molar-refractivity contribution in [2.24, 2.45) is 5.92 Å². The van der Waals surface area contributed by atoms with Gasteiger partial charge < -0.3 is 19.5 Å². The number of nitrogens with zero attached hydrogens (tertiary/aromatic N) is 3. The maximum absolute atomic E-state index is 11.9. The molecule has 154 valence electrons. The Labute approximate surface area is 172 Å². The topological polar surface area (TPSA) is 90.4 Å². The van der Waals surface area contributed by atoms with Crippen molar-refractivity contribution in [3.05, 3.63) is 40.5 Å². The Morgan fingerprint density at radius 2 is 1.97 bits per heavy atom. The molecular weight excluding hydrogens is 392 g/mol. The van der Waals surface area contributed by atoms with Crippen molar-refractivity contribution in [1.82, 2.24) is 14.6 Å². The molecule has 1 saturated heterocycles. The molecule has 2 N–H and O–H groups in total. The average Bonchev–Trinajstić information content (AvgIpc) is 3.26. The fourth-order valence-corrected chi connectivity index (χ4v) is 5.27. The highest BCUT2D eigenvalue weighted by Gasteiger charge is 2.37. The summed E-state index contributed by atoms with van der Waals surface area (Å²) in [5, 5.41) is 15.2. The number of methoxy groups -OCH3 is 2. The van der Waals surface area contributed by atoms with Crippen LogP contribution in [-0.4, -0.2) is 53.0 Å². The van der Waals surface area contributed by atoms with Gasteiger partial charge in [0.15, 0.2) is 6.04 Å². The quantitative estimate of drug-likeness (QED) is 0.610. The second-order valence-corrected chi connectivity index (χ2v) is 8.31. The van der Waals surface area contributed by atoms with Crippen molar-refractivity contribution in [1.29, 1.82) is 0 Å². The second kappa shape index (κ2) is 8.00. The highest BCUT2D eigenvalue weighted by atomic mass is 32.1. The zero-order valence-corrected chi connectivity index (χ0v) is 17.5. The fourth-order valence-electron chi connectivity index (χ4n) is 4.08. The Morgan fingerprint density at radius 3 is 2.55 bits per heavy atom. The lowest BCUT2D eigenvalue weighted by molar-refractivity contribution is -0.930. The number of aromatic nitrogens is 3. The smallest absolute Gasteiger partial charge is 0.309 e. The summed E-state index contributed by atoms with van der Waals surface area (Å²) in [4.78, 5) is 19.1. The van der Waals surface area contributed by atoms with Crippen LogP contribution in [0.3, 0.4) is 0 Å². The molecule has 3 aromatic rings. The molecule has 1 aromatic carbocycles. The molecule has 0 saturated carbocycles. The minimum absolute atomic E-state index is 0.0566. The Balaban J connectivity index is 1.70. The van der Waals surface area contributed by atoms with E-state index < -0.39 is 0 Å². The Bertz CT molecular complexity index is 1010. The molecule has 4 rings (SSSR count). The third-order valence-electron chi connectivity index (χ3n) is 5.59. The molecule has 0 spiro atoms. The SMILES string of the molecule is COC(=O)C1CC[NH+]([C@H](c2ccc(OC)cc2)c2sc3nc(C)nn3c2O)CC1.